The van der Waals surface area contributed by atoms with E-state index in [0.717, 1.165) is 0 Å². The summed E-state index contributed by atoms with van der Waals surface area (Å²) in [5.74, 6) is 0.225. The molecule has 0 radical (unpaired) electrons. The summed E-state index contributed by atoms with van der Waals surface area (Å²) in [6.45, 7) is -0.265. The fraction of sp³-hybridized carbons (Fsp3) is 0.417. The Morgan fingerprint density at radius 2 is 2.35 bits per heavy atom. The van der Waals surface area contributed by atoms with Gasteiger partial charge in [-0.3, -0.25) is 0 Å². The number of aliphatic hydroxyl groups excluding tert-OH is 2. The molecular formula is C12H13N5O3. The third-order valence-corrected chi connectivity index (χ3v) is 3.45. The summed E-state index contributed by atoms with van der Waals surface area (Å²) in [5, 5.41) is 28.5. The number of rotatable bonds is 2. The number of nitriles is 1. The lowest BCUT2D eigenvalue weighted by Gasteiger charge is -2.14. The number of fused-ring (bicyclic) bond motifs is 1. The van der Waals surface area contributed by atoms with Crippen LogP contribution in [0.2, 0.25) is 0 Å². The van der Waals surface area contributed by atoms with Crippen LogP contribution in [0.3, 0.4) is 0 Å². The van der Waals surface area contributed by atoms with Crippen molar-refractivity contribution < 1.29 is 14.9 Å². The molecule has 1 aliphatic heterocycles. The number of anilines is 1. The Balaban J connectivity index is 2.10. The number of aliphatic hydroxyl groups is 2. The van der Waals surface area contributed by atoms with E-state index >= 15 is 0 Å². The van der Waals surface area contributed by atoms with Gasteiger partial charge in [0.05, 0.1) is 23.7 Å². The Morgan fingerprint density at radius 3 is 3.00 bits per heavy atom. The van der Waals surface area contributed by atoms with Crippen molar-refractivity contribution in [1.29, 1.82) is 5.26 Å². The highest BCUT2D eigenvalue weighted by Crippen LogP contribution is 2.33. The Kier molecular flexibility index (Phi) is 3.02. The fourth-order valence-corrected chi connectivity index (χ4v) is 2.46. The van der Waals surface area contributed by atoms with Crippen LogP contribution in [0.5, 0.6) is 0 Å². The fourth-order valence-electron chi connectivity index (χ4n) is 2.46. The summed E-state index contributed by atoms with van der Waals surface area (Å²) in [6, 6.07) is 2.04. The number of ether oxygens (including phenoxy) is 1. The molecule has 2 aromatic rings. The summed E-state index contributed by atoms with van der Waals surface area (Å²) in [5.41, 5.74) is 6.61. The molecule has 1 fully saturated rings. The van der Waals surface area contributed by atoms with Gasteiger partial charge in [-0.15, -0.1) is 0 Å². The van der Waals surface area contributed by atoms with Crippen LogP contribution >= 0.6 is 0 Å². The summed E-state index contributed by atoms with van der Waals surface area (Å²) in [7, 11) is 0. The topological polar surface area (TPSA) is 130 Å². The second kappa shape index (κ2) is 4.72. The van der Waals surface area contributed by atoms with Crippen molar-refractivity contribution in [2.24, 2.45) is 0 Å². The lowest BCUT2D eigenvalue weighted by atomic mass is 10.2. The zero-order valence-corrected chi connectivity index (χ0v) is 10.5. The molecule has 3 atom stereocenters. The quantitative estimate of drug-likeness (QED) is 0.675. The molecule has 3 rings (SSSR count). The zero-order chi connectivity index (χ0) is 14.3. The molecule has 0 aromatic carbocycles. The van der Waals surface area contributed by atoms with Crippen molar-refractivity contribution in [3.8, 4) is 6.07 Å². The molecule has 0 amide bonds. The van der Waals surface area contributed by atoms with E-state index in [1.807, 2.05) is 6.07 Å². The van der Waals surface area contributed by atoms with Gasteiger partial charge in [-0.05, 0) is 0 Å². The van der Waals surface area contributed by atoms with E-state index in [4.69, 9.17) is 20.8 Å². The lowest BCUT2D eigenvalue weighted by Crippen LogP contribution is -2.24. The summed E-state index contributed by atoms with van der Waals surface area (Å²) < 4.78 is 7.21. The van der Waals surface area contributed by atoms with E-state index in [2.05, 4.69) is 9.97 Å². The van der Waals surface area contributed by atoms with Gasteiger partial charge < -0.3 is 25.3 Å². The highest BCUT2D eigenvalue weighted by Gasteiger charge is 2.35. The van der Waals surface area contributed by atoms with Crippen LogP contribution in [-0.2, 0) is 4.74 Å². The monoisotopic (exact) mass is 275 g/mol. The van der Waals surface area contributed by atoms with Gasteiger partial charge in [-0.25, -0.2) is 9.97 Å². The number of hydrogen-bond donors (Lipinski definition) is 3. The number of nitrogens with zero attached hydrogens (tertiary/aromatic N) is 4. The molecule has 8 heteroatoms. The molecular weight excluding hydrogens is 262 g/mol. The minimum absolute atomic E-state index is 0.225. The van der Waals surface area contributed by atoms with Gasteiger partial charge in [0.25, 0.3) is 0 Å². The van der Waals surface area contributed by atoms with Crippen molar-refractivity contribution in [2.75, 3.05) is 12.3 Å². The Bertz CT molecular complexity index is 692. The maximum atomic E-state index is 9.79. The molecule has 4 N–H and O–H groups in total. The third kappa shape index (κ3) is 1.80. The molecule has 3 heterocycles. The first-order valence-corrected chi connectivity index (χ1v) is 6.11. The third-order valence-electron chi connectivity index (χ3n) is 3.45. The SMILES string of the molecule is N#Cc1cn([C@H]2C[C@H](O)[C@@H](CO)O2)c2ncnc(N)c12. The largest absolute Gasteiger partial charge is 0.394 e. The molecule has 0 unspecified atom stereocenters. The highest BCUT2D eigenvalue weighted by molar-refractivity contribution is 5.91. The van der Waals surface area contributed by atoms with Gasteiger partial charge >= 0.3 is 0 Å². The van der Waals surface area contributed by atoms with Gasteiger partial charge in [0.15, 0.2) is 0 Å². The standard InChI is InChI=1S/C12H13N5O3/c13-2-6-3-17(9-1-7(19)8(4-18)20-9)12-10(6)11(14)15-5-16-12/h3,5,7-9,18-19H,1,4H2,(H2,14,15,16)/t7-,8+,9+/m0/s1. The van der Waals surface area contributed by atoms with Gasteiger partial charge in [0.1, 0.15) is 36.2 Å². The van der Waals surface area contributed by atoms with Gasteiger partial charge in [-0.1, -0.05) is 0 Å². The molecule has 2 aromatic heterocycles. The Labute approximate surface area is 114 Å². The van der Waals surface area contributed by atoms with E-state index in [1.54, 1.807) is 10.8 Å². The van der Waals surface area contributed by atoms with E-state index in [0.29, 0.717) is 23.0 Å². The molecule has 20 heavy (non-hydrogen) atoms. The average Bonchev–Trinajstić information content (AvgIpc) is 3.00. The predicted molar refractivity (Wildman–Crippen MR) is 68.3 cm³/mol. The normalized spacial score (nSPS) is 25.9. The van der Waals surface area contributed by atoms with E-state index in [-0.39, 0.29) is 12.4 Å². The first-order chi connectivity index (χ1) is 9.65. The maximum absolute atomic E-state index is 9.79. The Morgan fingerprint density at radius 1 is 1.55 bits per heavy atom. The molecule has 1 aliphatic rings. The van der Waals surface area contributed by atoms with Crippen LogP contribution in [0.1, 0.15) is 18.2 Å². The van der Waals surface area contributed by atoms with Crippen LogP contribution in [0.4, 0.5) is 5.82 Å². The minimum atomic E-state index is -0.757. The first kappa shape index (κ1) is 12.8. The average molecular weight is 275 g/mol. The Hall–Kier alpha value is -2.21. The number of nitrogen functional groups attached to an aromatic ring is 1. The lowest BCUT2D eigenvalue weighted by molar-refractivity contribution is -0.0430. The van der Waals surface area contributed by atoms with Gasteiger partial charge in [0.2, 0.25) is 0 Å². The first-order valence-electron chi connectivity index (χ1n) is 6.11. The second-order valence-electron chi connectivity index (χ2n) is 4.63. The van der Waals surface area contributed by atoms with Crippen molar-refractivity contribution in [2.45, 2.75) is 24.9 Å². The maximum Gasteiger partial charge on any atom is 0.148 e. The summed E-state index contributed by atoms with van der Waals surface area (Å²) >= 11 is 0. The molecule has 8 nitrogen and oxygen atoms in total. The molecule has 104 valence electrons. The van der Waals surface area contributed by atoms with Crippen LogP contribution in [0, 0.1) is 11.3 Å². The van der Waals surface area contributed by atoms with Crippen molar-refractivity contribution in [1.82, 2.24) is 14.5 Å². The molecule has 1 saturated heterocycles. The number of aromatic nitrogens is 3. The predicted octanol–water partition coefficient (Wildman–Crippen LogP) is -0.474. The van der Waals surface area contributed by atoms with Crippen molar-refractivity contribution in [3.63, 3.8) is 0 Å². The number of hydrogen-bond acceptors (Lipinski definition) is 7. The molecule has 0 saturated carbocycles. The van der Waals surface area contributed by atoms with Crippen LogP contribution in [0.25, 0.3) is 11.0 Å². The van der Waals surface area contributed by atoms with Crippen LogP contribution < -0.4 is 5.73 Å². The van der Waals surface area contributed by atoms with Crippen molar-refractivity contribution in [3.05, 3.63) is 18.1 Å². The summed E-state index contributed by atoms with van der Waals surface area (Å²) in [4.78, 5) is 8.00. The zero-order valence-electron chi connectivity index (χ0n) is 10.5. The summed E-state index contributed by atoms with van der Waals surface area (Å²) in [6.07, 6.45) is 1.30. The molecule has 0 bridgehead atoms. The van der Waals surface area contributed by atoms with E-state index < -0.39 is 18.4 Å². The smallest absolute Gasteiger partial charge is 0.148 e. The van der Waals surface area contributed by atoms with Gasteiger partial charge in [0, 0.05) is 12.6 Å². The molecule has 0 spiro atoms. The number of nitrogens with two attached hydrogens (primary N) is 1. The van der Waals surface area contributed by atoms with Crippen LogP contribution in [0.15, 0.2) is 12.5 Å². The van der Waals surface area contributed by atoms with E-state index in [1.165, 1.54) is 6.33 Å². The second-order valence-corrected chi connectivity index (χ2v) is 4.63. The van der Waals surface area contributed by atoms with Crippen LogP contribution in [-0.4, -0.2) is 43.6 Å². The van der Waals surface area contributed by atoms with Crippen molar-refractivity contribution >= 4 is 16.9 Å². The highest BCUT2D eigenvalue weighted by atomic mass is 16.5. The molecule has 0 aliphatic carbocycles. The van der Waals surface area contributed by atoms with E-state index in [9.17, 15) is 5.11 Å². The van der Waals surface area contributed by atoms with Gasteiger partial charge in [-0.2, -0.15) is 5.26 Å². The minimum Gasteiger partial charge on any atom is -0.394 e.